The number of hydrogen-bond donors (Lipinski definition) is 0. The molecule has 2 aliphatic carbocycles. The summed E-state index contributed by atoms with van der Waals surface area (Å²) < 4.78 is 2.47. The van der Waals surface area contributed by atoms with Crippen LogP contribution in [-0.2, 0) is 5.41 Å². The van der Waals surface area contributed by atoms with Gasteiger partial charge in [0.2, 0.25) is 0 Å². The molecule has 280 valence electrons. The van der Waals surface area contributed by atoms with Crippen LogP contribution in [0.5, 0.6) is 0 Å². The molecular weight excluding hydrogens is 713 g/mol. The number of rotatable bonds is 5. The van der Waals surface area contributed by atoms with Gasteiger partial charge in [-0.3, -0.25) is 0 Å². The number of allylic oxidation sites excluding steroid dienone is 4. The van der Waals surface area contributed by atoms with Gasteiger partial charge in [-0.1, -0.05) is 153 Å². The average molecular weight is 755 g/mol. The largest absolute Gasteiger partial charge is 0.310 e. The first-order valence-electron chi connectivity index (χ1n) is 20.9. The smallest absolute Gasteiger partial charge is 0.0626 e. The molecule has 0 radical (unpaired) electrons. The van der Waals surface area contributed by atoms with Crippen LogP contribution >= 0.6 is 0 Å². The molecule has 0 fully saturated rings. The second kappa shape index (κ2) is 12.9. The molecule has 0 bridgehead atoms. The van der Waals surface area contributed by atoms with E-state index in [9.17, 15) is 0 Å². The maximum atomic E-state index is 2.47. The molecule has 1 heterocycles. The Bertz CT molecular complexity index is 3380. The zero-order valence-electron chi connectivity index (χ0n) is 33.3. The normalized spacial score (nSPS) is 14.5. The van der Waals surface area contributed by atoms with Crippen LogP contribution in [0, 0.1) is 0 Å². The molecule has 0 spiro atoms. The van der Waals surface area contributed by atoms with Gasteiger partial charge in [0.1, 0.15) is 0 Å². The number of nitrogens with zero attached hydrogens (tertiary/aromatic N) is 2. The van der Waals surface area contributed by atoms with Crippen molar-refractivity contribution in [2.45, 2.75) is 32.1 Å². The molecule has 2 heteroatoms. The number of para-hydroxylation sites is 3. The maximum absolute atomic E-state index is 2.47. The van der Waals surface area contributed by atoms with E-state index in [1.807, 2.05) is 0 Å². The molecule has 0 unspecified atom stereocenters. The molecule has 0 saturated heterocycles. The van der Waals surface area contributed by atoms with Crippen LogP contribution in [0.3, 0.4) is 0 Å². The number of anilines is 3. The van der Waals surface area contributed by atoms with Crippen molar-refractivity contribution < 1.29 is 0 Å². The summed E-state index contributed by atoms with van der Waals surface area (Å²) in [6.45, 7) is 4.81. The van der Waals surface area contributed by atoms with Crippen LogP contribution in [0.2, 0.25) is 0 Å². The van der Waals surface area contributed by atoms with Gasteiger partial charge in [-0.25, -0.2) is 0 Å². The molecule has 0 amide bonds. The van der Waals surface area contributed by atoms with Crippen molar-refractivity contribution in [3.8, 4) is 16.8 Å². The van der Waals surface area contributed by atoms with Gasteiger partial charge in [-0.2, -0.15) is 0 Å². The fourth-order valence-corrected chi connectivity index (χ4v) is 10.6. The van der Waals surface area contributed by atoms with Crippen molar-refractivity contribution in [2.75, 3.05) is 4.90 Å². The minimum absolute atomic E-state index is 0.000986. The number of benzene rings is 9. The molecule has 0 atom stereocenters. The fraction of sp³-hybridized carbons (Fsp3) is 0.0877. The number of fused-ring (bicyclic) bond motifs is 12. The van der Waals surface area contributed by atoms with Crippen molar-refractivity contribution in [1.82, 2.24) is 4.57 Å². The van der Waals surface area contributed by atoms with Gasteiger partial charge in [-0.05, 0) is 123 Å². The highest BCUT2D eigenvalue weighted by Gasteiger charge is 2.37. The predicted octanol–water partition coefficient (Wildman–Crippen LogP) is 15.8. The Kier molecular flexibility index (Phi) is 7.43. The maximum Gasteiger partial charge on any atom is 0.0626 e. The number of hydrogen-bond acceptors (Lipinski definition) is 1. The summed E-state index contributed by atoms with van der Waals surface area (Å²) in [5.74, 6) is 0. The Hall–Kier alpha value is -7.16. The molecule has 2 aliphatic rings. The Morgan fingerprint density at radius 2 is 1.12 bits per heavy atom. The lowest BCUT2D eigenvalue weighted by Gasteiger charge is -2.29. The van der Waals surface area contributed by atoms with E-state index in [1.165, 1.54) is 93.3 Å². The Morgan fingerprint density at radius 3 is 1.90 bits per heavy atom. The molecular formula is C57H42N2. The van der Waals surface area contributed by atoms with E-state index in [2.05, 4.69) is 217 Å². The fourth-order valence-electron chi connectivity index (χ4n) is 10.6. The minimum Gasteiger partial charge on any atom is -0.310 e. The lowest BCUT2D eigenvalue weighted by Crippen LogP contribution is -2.18. The second-order valence-electron chi connectivity index (χ2n) is 16.8. The van der Waals surface area contributed by atoms with E-state index in [4.69, 9.17) is 0 Å². The van der Waals surface area contributed by atoms with Gasteiger partial charge in [0.25, 0.3) is 0 Å². The van der Waals surface area contributed by atoms with Crippen LogP contribution in [0.25, 0.3) is 76.5 Å². The zero-order valence-corrected chi connectivity index (χ0v) is 33.3. The van der Waals surface area contributed by atoms with E-state index in [1.54, 1.807) is 5.57 Å². The van der Waals surface area contributed by atoms with Crippen LogP contribution in [0.15, 0.2) is 200 Å². The standard InChI is InChI=1S/C57H42N2/c1-57(2)51-27-15-13-23-44(51)45-34-33-41(35-52(45)57)58(38-17-5-3-6-18-38)40-31-29-37(30-32-40)49-36-50-43-22-10-12-25-47(43)56-55(54(50)46-24-11-9-21-42(46)49)48-26-14-16-28-53(48)59(56)39-19-7-4-8-20-39/h3-14,16-26,28-36H,15,27H2,1-2H3. The topological polar surface area (TPSA) is 8.17 Å². The third kappa shape index (κ3) is 4.99. The van der Waals surface area contributed by atoms with E-state index >= 15 is 0 Å². The highest BCUT2D eigenvalue weighted by atomic mass is 15.1. The molecule has 10 aromatic rings. The summed E-state index contributed by atoms with van der Waals surface area (Å²) in [6.07, 6.45) is 6.94. The van der Waals surface area contributed by atoms with Gasteiger partial charge < -0.3 is 9.47 Å². The Morgan fingerprint density at radius 1 is 0.492 bits per heavy atom. The summed E-state index contributed by atoms with van der Waals surface area (Å²) in [4.78, 5) is 2.42. The highest BCUT2D eigenvalue weighted by molar-refractivity contribution is 6.38. The molecule has 1 aromatic heterocycles. The second-order valence-corrected chi connectivity index (χ2v) is 16.8. The van der Waals surface area contributed by atoms with Crippen molar-refractivity contribution in [1.29, 1.82) is 0 Å². The minimum atomic E-state index is 0.000986. The zero-order chi connectivity index (χ0) is 39.2. The van der Waals surface area contributed by atoms with Crippen molar-refractivity contribution in [3.05, 3.63) is 211 Å². The van der Waals surface area contributed by atoms with Gasteiger partial charge in [0.15, 0.2) is 0 Å². The summed E-state index contributed by atoms with van der Waals surface area (Å²) in [7, 11) is 0. The molecule has 0 N–H and O–H groups in total. The molecule has 12 rings (SSSR count). The van der Waals surface area contributed by atoms with Crippen molar-refractivity contribution in [2.24, 2.45) is 0 Å². The van der Waals surface area contributed by atoms with Gasteiger partial charge >= 0.3 is 0 Å². The third-order valence-electron chi connectivity index (χ3n) is 13.3. The lowest BCUT2D eigenvalue weighted by atomic mass is 9.78. The van der Waals surface area contributed by atoms with Crippen LogP contribution < -0.4 is 4.90 Å². The first-order chi connectivity index (χ1) is 29.1. The lowest BCUT2D eigenvalue weighted by molar-refractivity contribution is 0.607. The third-order valence-corrected chi connectivity index (χ3v) is 13.3. The Labute approximate surface area is 344 Å². The first kappa shape index (κ1) is 33.9. The van der Waals surface area contributed by atoms with Crippen LogP contribution in [0.1, 0.15) is 37.8 Å². The average Bonchev–Trinajstić information content (AvgIpc) is 3.76. The quantitative estimate of drug-likeness (QED) is 0.159. The molecule has 9 aromatic carbocycles. The predicted molar refractivity (Wildman–Crippen MR) is 252 cm³/mol. The van der Waals surface area contributed by atoms with Crippen molar-refractivity contribution in [3.63, 3.8) is 0 Å². The van der Waals surface area contributed by atoms with Crippen LogP contribution in [0.4, 0.5) is 17.1 Å². The van der Waals surface area contributed by atoms with Gasteiger partial charge in [0.05, 0.1) is 11.0 Å². The SMILES string of the molecule is CC1(C)C2=C(C=CCC2)c2ccc(N(c3ccccc3)c3ccc(-c4cc5c6ccccc6c6c(c7ccccc7n6-c6ccccc6)c5c5ccccc45)cc3)cc21. The van der Waals surface area contributed by atoms with Crippen LogP contribution in [-0.4, -0.2) is 4.57 Å². The molecule has 0 saturated carbocycles. The summed E-state index contributed by atoms with van der Waals surface area (Å²) in [5, 5.41) is 10.2. The van der Waals surface area contributed by atoms with Crippen molar-refractivity contribution >= 4 is 76.8 Å². The summed E-state index contributed by atoms with van der Waals surface area (Å²) in [5.41, 5.74) is 15.4. The van der Waals surface area contributed by atoms with Gasteiger partial charge in [-0.15, -0.1) is 0 Å². The highest BCUT2D eigenvalue weighted by Crippen LogP contribution is 2.52. The van der Waals surface area contributed by atoms with E-state index in [0.29, 0.717) is 0 Å². The summed E-state index contributed by atoms with van der Waals surface area (Å²) >= 11 is 0. The van der Waals surface area contributed by atoms with E-state index < -0.39 is 0 Å². The monoisotopic (exact) mass is 754 g/mol. The molecule has 0 aliphatic heterocycles. The summed E-state index contributed by atoms with van der Waals surface area (Å²) in [6, 6.07) is 67.4. The number of aromatic nitrogens is 1. The first-order valence-corrected chi connectivity index (χ1v) is 20.9. The Balaban J connectivity index is 1.06. The molecule has 2 nitrogen and oxygen atoms in total. The van der Waals surface area contributed by atoms with E-state index in [0.717, 1.165) is 24.2 Å². The van der Waals surface area contributed by atoms with E-state index in [-0.39, 0.29) is 5.41 Å². The van der Waals surface area contributed by atoms with Gasteiger partial charge in [0, 0.05) is 49.7 Å². The molecule has 59 heavy (non-hydrogen) atoms.